The van der Waals surface area contributed by atoms with Crippen LogP contribution in [0, 0.1) is 0 Å². The van der Waals surface area contributed by atoms with Crippen molar-refractivity contribution in [2.45, 2.75) is 126 Å². The minimum Gasteiger partial charge on any atom is -0.363 e. The van der Waals surface area contributed by atoms with Crippen molar-refractivity contribution in [1.82, 2.24) is 0 Å². The fourth-order valence-electron chi connectivity index (χ4n) is 6.82. The standard InChI is InChI=1S/C29H41NO7/c1-20(2)30(21-12-6-3-7-13-21)23(31)19-32-25-24(22-18-33-28(35-22)14-8-4-9-15-28)34-27-26(25)36-29(37-27)16-10-5-11-17-29/h3,6-7,12-13,20,22,24-27H,4-5,8-11,14-19H2,1-2H3/t22-,24-,25+,26-,27-/m1/s1. The average Bonchev–Trinajstić information content (AvgIpc) is 3.55. The highest BCUT2D eigenvalue weighted by atomic mass is 16.9. The number of amides is 1. The van der Waals surface area contributed by atoms with Crippen molar-refractivity contribution in [2.75, 3.05) is 18.1 Å². The molecule has 0 aromatic heterocycles. The van der Waals surface area contributed by atoms with Gasteiger partial charge in [-0.3, -0.25) is 4.79 Å². The minimum atomic E-state index is -0.601. The van der Waals surface area contributed by atoms with Crippen LogP contribution in [0.2, 0.25) is 0 Å². The summed E-state index contributed by atoms with van der Waals surface area (Å²) in [6, 6.07) is 9.72. The number of anilines is 1. The van der Waals surface area contributed by atoms with E-state index in [4.69, 9.17) is 28.4 Å². The molecule has 2 saturated carbocycles. The number of hydrogen-bond donors (Lipinski definition) is 0. The van der Waals surface area contributed by atoms with E-state index in [1.807, 2.05) is 44.2 Å². The first kappa shape index (κ1) is 25.7. The maximum absolute atomic E-state index is 13.4. The van der Waals surface area contributed by atoms with E-state index in [1.165, 1.54) is 12.8 Å². The minimum absolute atomic E-state index is 0.00355. The molecule has 2 aliphatic carbocycles. The second-order valence-corrected chi connectivity index (χ2v) is 11.5. The van der Waals surface area contributed by atoms with Gasteiger partial charge < -0.3 is 33.3 Å². The molecule has 3 heterocycles. The monoisotopic (exact) mass is 515 g/mol. The Balaban J connectivity index is 1.19. The van der Waals surface area contributed by atoms with Gasteiger partial charge in [0.05, 0.1) is 6.61 Å². The highest BCUT2D eigenvalue weighted by Gasteiger charge is 2.61. The van der Waals surface area contributed by atoms with Crippen molar-refractivity contribution in [1.29, 1.82) is 0 Å². The van der Waals surface area contributed by atoms with Crippen molar-refractivity contribution >= 4 is 11.6 Å². The molecule has 0 N–H and O–H groups in total. The number of fused-ring (bicyclic) bond motifs is 1. The fourth-order valence-corrected chi connectivity index (χ4v) is 6.82. The van der Waals surface area contributed by atoms with Gasteiger partial charge in [0.25, 0.3) is 5.91 Å². The first-order chi connectivity index (χ1) is 18.0. The Hall–Kier alpha value is -1.55. The molecule has 1 amide bonds. The van der Waals surface area contributed by atoms with Crippen LogP contribution in [-0.4, -0.2) is 67.4 Å². The topological polar surface area (TPSA) is 75.7 Å². The lowest BCUT2D eigenvalue weighted by Crippen LogP contribution is -2.47. The molecule has 3 aliphatic heterocycles. The molecule has 8 heteroatoms. The zero-order valence-corrected chi connectivity index (χ0v) is 22.1. The molecular weight excluding hydrogens is 474 g/mol. The van der Waals surface area contributed by atoms with E-state index >= 15 is 0 Å². The number of carbonyl (C=O) groups excluding carboxylic acids is 1. The van der Waals surface area contributed by atoms with Crippen molar-refractivity contribution in [3.63, 3.8) is 0 Å². The van der Waals surface area contributed by atoms with Crippen LogP contribution in [-0.2, 0) is 33.2 Å². The van der Waals surface area contributed by atoms with Gasteiger partial charge in [-0.1, -0.05) is 31.0 Å². The Labute approximate surface area is 219 Å². The Morgan fingerprint density at radius 2 is 1.59 bits per heavy atom. The van der Waals surface area contributed by atoms with Crippen molar-refractivity contribution in [2.24, 2.45) is 0 Å². The molecule has 1 aromatic rings. The SMILES string of the molecule is CC(C)N(C(=O)CO[C@@H]1[C@H]2OC3(CCCCC3)O[C@H]2O[C@@H]1[C@H]1COC2(CCCCC2)O1)c1ccccc1. The van der Waals surface area contributed by atoms with E-state index in [9.17, 15) is 4.79 Å². The summed E-state index contributed by atoms with van der Waals surface area (Å²) in [6.07, 6.45) is 8.22. The summed E-state index contributed by atoms with van der Waals surface area (Å²) < 4.78 is 38.6. The molecule has 5 atom stereocenters. The van der Waals surface area contributed by atoms with Crippen LogP contribution in [0.3, 0.4) is 0 Å². The molecule has 204 valence electrons. The van der Waals surface area contributed by atoms with Gasteiger partial charge in [-0.05, 0) is 51.7 Å². The maximum Gasteiger partial charge on any atom is 0.253 e. The number of hydrogen-bond acceptors (Lipinski definition) is 7. The van der Waals surface area contributed by atoms with Crippen molar-refractivity contribution < 1.29 is 33.2 Å². The zero-order chi connectivity index (χ0) is 25.5. The lowest BCUT2D eigenvalue weighted by molar-refractivity contribution is -0.262. The van der Waals surface area contributed by atoms with Gasteiger partial charge in [-0.15, -0.1) is 0 Å². The number of ether oxygens (including phenoxy) is 6. The normalized spacial score (nSPS) is 34.3. The van der Waals surface area contributed by atoms with Crippen LogP contribution in [0.1, 0.15) is 78.1 Å². The predicted molar refractivity (Wildman–Crippen MR) is 136 cm³/mol. The van der Waals surface area contributed by atoms with Crippen LogP contribution in [0.15, 0.2) is 30.3 Å². The van der Waals surface area contributed by atoms with Gasteiger partial charge >= 0.3 is 0 Å². The third kappa shape index (κ3) is 5.09. The van der Waals surface area contributed by atoms with Crippen LogP contribution < -0.4 is 4.90 Å². The lowest BCUT2D eigenvalue weighted by atomic mass is 9.94. The molecule has 8 nitrogen and oxygen atoms in total. The largest absolute Gasteiger partial charge is 0.363 e. The third-order valence-corrected chi connectivity index (χ3v) is 8.58. The van der Waals surface area contributed by atoms with E-state index < -0.39 is 36.2 Å². The van der Waals surface area contributed by atoms with E-state index in [0.29, 0.717) is 6.61 Å². The lowest BCUT2D eigenvalue weighted by Gasteiger charge is -2.36. The molecule has 5 fully saturated rings. The van der Waals surface area contributed by atoms with Crippen LogP contribution in [0.25, 0.3) is 0 Å². The van der Waals surface area contributed by atoms with Crippen molar-refractivity contribution in [3.8, 4) is 0 Å². The molecule has 1 aromatic carbocycles. The molecule has 0 radical (unpaired) electrons. The van der Waals surface area contributed by atoms with E-state index in [1.54, 1.807) is 4.90 Å². The second kappa shape index (κ2) is 10.5. The van der Waals surface area contributed by atoms with Gasteiger partial charge in [0.1, 0.15) is 31.0 Å². The molecule has 2 spiro atoms. The van der Waals surface area contributed by atoms with E-state index in [-0.39, 0.29) is 24.7 Å². The first-order valence-corrected chi connectivity index (χ1v) is 14.3. The Morgan fingerprint density at radius 1 is 0.919 bits per heavy atom. The second-order valence-electron chi connectivity index (χ2n) is 11.5. The van der Waals surface area contributed by atoms with Gasteiger partial charge in [0.2, 0.25) is 0 Å². The van der Waals surface area contributed by atoms with E-state index in [2.05, 4.69) is 0 Å². The van der Waals surface area contributed by atoms with Crippen LogP contribution >= 0.6 is 0 Å². The molecular formula is C29H41NO7. The highest BCUT2D eigenvalue weighted by Crippen LogP contribution is 2.48. The number of carbonyl (C=O) groups is 1. The quantitative estimate of drug-likeness (QED) is 0.544. The first-order valence-electron chi connectivity index (χ1n) is 14.3. The summed E-state index contributed by atoms with van der Waals surface area (Å²) in [5.74, 6) is -1.21. The highest BCUT2D eigenvalue weighted by molar-refractivity contribution is 5.94. The summed E-state index contributed by atoms with van der Waals surface area (Å²) in [7, 11) is 0. The number of rotatable bonds is 6. The number of nitrogens with zero attached hydrogens (tertiary/aromatic N) is 1. The Bertz CT molecular complexity index is 927. The molecule has 0 unspecified atom stereocenters. The Morgan fingerprint density at radius 3 is 2.27 bits per heavy atom. The maximum atomic E-state index is 13.4. The predicted octanol–water partition coefficient (Wildman–Crippen LogP) is 4.69. The fraction of sp³-hybridized carbons (Fsp3) is 0.759. The average molecular weight is 516 g/mol. The van der Waals surface area contributed by atoms with Crippen LogP contribution in [0.4, 0.5) is 5.69 Å². The summed E-state index contributed by atoms with van der Waals surface area (Å²) in [5, 5.41) is 0. The third-order valence-electron chi connectivity index (χ3n) is 8.58. The number of para-hydroxylation sites is 1. The van der Waals surface area contributed by atoms with Gasteiger partial charge in [0.15, 0.2) is 17.9 Å². The molecule has 5 aliphatic rings. The smallest absolute Gasteiger partial charge is 0.253 e. The summed E-state index contributed by atoms with van der Waals surface area (Å²) in [5.41, 5.74) is 0.858. The van der Waals surface area contributed by atoms with Gasteiger partial charge in [-0.2, -0.15) is 0 Å². The summed E-state index contributed by atoms with van der Waals surface area (Å²) in [4.78, 5) is 15.2. The summed E-state index contributed by atoms with van der Waals surface area (Å²) >= 11 is 0. The Kier molecular flexibility index (Phi) is 7.33. The molecule has 3 saturated heterocycles. The van der Waals surface area contributed by atoms with Gasteiger partial charge in [-0.25, -0.2) is 0 Å². The summed E-state index contributed by atoms with van der Waals surface area (Å²) in [6.45, 7) is 4.40. The molecule has 0 bridgehead atoms. The van der Waals surface area contributed by atoms with Gasteiger partial charge in [0, 0.05) is 37.4 Å². The van der Waals surface area contributed by atoms with Crippen LogP contribution in [0.5, 0.6) is 0 Å². The number of benzene rings is 1. The van der Waals surface area contributed by atoms with E-state index in [0.717, 1.165) is 57.1 Å². The molecule has 37 heavy (non-hydrogen) atoms. The molecule has 6 rings (SSSR count). The van der Waals surface area contributed by atoms with Crippen molar-refractivity contribution in [3.05, 3.63) is 30.3 Å². The zero-order valence-electron chi connectivity index (χ0n) is 22.1.